The monoisotopic (exact) mass is 410 g/mol. The summed E-state index contributed by atoms with van der Waals surface area (Å²) in [7, 11) is 0. The fourth-order valence-corrected chi connectivity index (χ4v) is 4.48. The van der Waals surface area contributed by atoms with Gasteiger partial charge in [-0.3, -0.25) is 9.78 Å². The van der Waals surface area contributed by atoms with Crippen molar-refractivity contribution in [2.75, 3.05) is 5.32 Å². The molecule has 2 aromatic carbocycles. The van der Waals surface area contributed by atoms with Crippen LogP contribution in [0.5, 0.6) is 0 Å². The van der Waals surface area contributed by atoms with E-state index in [1.54, 1.807) is 6.20 Å². The second-order valence-corrected chi connectivity index (χ2v) is 7.94. The average Bonchev–Trinajstić information content (AvgIpc) is 3.46. The Morgan fingerprint density at radius 3 is 2.43 bits per heavy atom. The second kappa shape index (κ2) is 7.50. The molecule has 5 nitrogen and oxygen atoms in total. The first-order valence-corrected chi connectivity index (χ1v) is 10.3. The Morgan fingerprint density at radius 2 is 1.73 bits per heavy atom. The van der Waals surface area contributed by atoms with Crippen molar-refractivity contribution in [2.24, 2.45) is 5.73 Å². The molecule has 0 aliphatic rings. The molecule has 0 saturated heterocycles. The number of carbonyl (C=O) groups excluding carboxylic acids is 1. The Morgan fingerprint density at radius 1 is 0.967 bits per heavy atom. The summed E-state index contributed by atoms with van der Waals surface area (Å²) in [5.41, 5.74) is 11.3. The molecule has 5 aromatic rings. The molecule has 1 amide bonds. The third-order valence-corrected chi connectivity index (χ3v) is 6.08. The van der Waals surface area contributed by atoms with Crippen LogP contribution >= 0.6 is 11.3 Å². The molecule has 0 atom stereocenters. The molecule has 0 bridgehead atoms. The number of nitrogens with one attached hydrogen (secondary N) is 2. The van der Waals surface area contributed by atoms with Crippen molar-refractivity contribution in [2.45, 2.75) is 0 Å². The number of hydrogen-bond acceptors (Lipinski definition) is 4. The predicted molar refractivity (Wildman–Crippen MR) is 123 cm³/mol. The molecule has 0 fully saturated rings. The van der Waals surface area contributed by atoms with Crippen LogP contribution in [0.2, 0.25) is 0 Å². The molecule has 0 spiro atoms. The Balaban J connectivity index is 1.53. The number of hydrogen-bond donors (Lipinski definition) is 3. The van der Waals surface area contributed by atoms with Crippen molar-refractivity contribution in [3.8, 4) is 22.5 Å². The number of H-pyrrole nitrogens is 1. The number of anilines is 2. The highest BCUT2D eigenvalue weighted by molar-refractivity contribution is 7.21. The van der Waals surface area contributed by atoms with Crippen LogP contribution in [0.1, 0.15) is 9.67 Å². The molecule has 4 N–H and O–H groups in total. The number of aromatic nitrogens is 2. The zero-order valence-corrected chi connectivity index (χ0v) is 16.7. The van der Waals surface area contributed by atoms with Crippen LogP contribution < -0.4 is 11.1 Å². The van der Waals surface area contributed by atoms with Crippen molar-refractivity contribution in [3.05, 3.63) is 90.1 Å². The lowest BCUT2D eigenvalue weighted by Crippen LogP contribution is -2.08. The highest BCUT2D eigenvalue weighted by Gasteiger charge is 2.16. The van der Waals surface area contributed by atoms with E-state index in [0.717, 1.165) is 38.4 Å². The van der Waals surface area contributed by atoms with E-state index in [2.05, 4.69) is 39.6 Å². The fourth-order valence-electron chi connectivity index (χ4n) is 3.45. The molecule has 3 heterocycles. The smallest absolute Gasteiger partial charge is 0.258 e. The van der Waals surface area contributed by atoms with Gasteiger partial charge in [0.15, 0.2) is 0 Å². The van der Waals surface area contributed by atoms with Gasteiger partial charge in [-0.15, -0.1) is 11.3 Å². The maximum absolute atomic E-state index is 11.8. The van der Waals surface area contributed by atoms with Crippen LogP contribution in [0.15, 0.2) is 85.2 Å². The highest BCUT2D eigenvalue weighted by Crippen LogP contribution is 2.38. The molecule has 146 valence electrons. The van der Waals surface area contributed by atoms with E-state index >= 15 is 0 Å². The summed E-state index contributed by atoms with van der Waals surface area (Å²) < 4.78 is 0.914. The minimum atomic E-state index is -0.438. The van der Waals surface area contributed by atoms with Gasteiger partial charge in [0, 0.05) is 17.3 Å². The van der Waals surface area contributed by atoms with E-state index < -0.39 is 5.91 Å². The summed E-state index contributed by atoms with van der Waals surface area (Å²) in [4.78, 5) is 20.1. The van der Waals surface area contributed by atoms with Gasteiger partial charge in [0.2, 0.25) is 0 Å². The van der Waals surface area contributed by atoms with Crippen LogP contribution in [-0.2, 0) is 0 Å². The Bertz CT molecular complexity index is 1320. The molecule has 3 aromatic heterocycles. The van der Waals surface area contributed by atoms with Gasteiger partial charge in [0.1, 0.15) is 5.69 Å². The summed E-state index contributed by atoms with van der Waals surface area (Å²) in [6, 6.07) is 24.2. The summed E-state index contributed by atoms with van der Waals surface area (Å²) in [6.07, 6.45) is 3.65. The van der Waals surface area contributed by atoms with E-state index in [1.807, 2.05) is 54.7 Å². The van der Waals surface area contributed by atoms with Crippen LogP contribution in [0.25, 0.3) is 32.6 Å². The Hall–Kier alpha value is -3.90. The van der Waals surface area contributed by atoms with Crippen LogP contribution in [-0.4, -0.2) is 15.9 Å². The third kappa shape index (κ3) is 3.33. The Kier molecular flexibility index (Phi) is 4.53. The largest absolute Gasteiger partial charge is 0.365 e. The zero-order chi connectivity index (χ0) is 20.5. The molecule has 6 heteroatoms. The van der Waals surface area contributed by atoms with E-state index in [0.29, 0.717) is 4.88 Å². The van der Waals surface area contributed by atoms with Gasteiger partial charge in [0.25, 0.3) is 5.91 Å². The second-order valence-electron chi connectivity index (χ2n) is 6.89. The number of carbonyl (C=O) groups is 1. The molecular weight excluding hydrogens is 392 g/mol. The van der Waals surface area contributed by atoms with E-state index in [9.17, 15) is 4.79 Å². The van der Waals surface area contributed by atoms with Gasteiger partial charge < -0.3 is 16.0 Å². The molecule has 0 unspecified atom stereocenters. The molecule has 0 saturated carbocycles. The maximum atomic E-state index is 11.8. The predicted octanol–water partition coefficient (Wildman–Crippen LogP) is 5.80. The first kappa shape index (κ1) is 18.1. The number of aromatic amines is 1. The SMILES string of the molecule is NC(=O)c1cc2c(Nc3ccc(-c4ccccc4)cc3)cnc(-c3ccc[nH]3)c2s1. The lowest BCUT2D eigenvalue weighted by Gasteiger charge is -2.10. The maximum Gasteiger partial charge on any atom is 0.258 e. The normalized spacial score (nSPS) is 10.9. The number of nitrogens with zero attached hydrogens (tertiary/aromatic N) is 1. The first-order valence-electron chi connectivity index (χ1n) is 9.47. The number of benzene rings is 2. The van der Waals surface area contributed by atoms with Gasteiger partial charge in [-0.2, -0.15) is 0 Å². The summed E-state index contributed by atoms with van der Waals surface area (Å²) >= 11 is 1.36. The number of primary amides is 1. The summed E-state index contributed by atoms with van der Waals surface area (Å²) in [5.74, 6) is -0.438. The third-order valence-electron chi connectivity index (χ3n) is 4.93. The lowest BCUT2D eigenvalue weighted by atomic mass is 10.1. The van der Waals surface area contributed by atoms with Crippen molar-refractivity contribution >= 4 is 38.7 Å². The van der Waals surface area contributed by atoms with Gasteiger partial charge in [-0.1, -0.05) is 42.5 Å². The zero-order valence-electron chi connectivity index (χ0n) is 15.9. The average molecular weight is 411 g/mol. The van der Waals surface area contributed by atoms with Crippen molar-refractivity contribution in [1.29, 1.82) is 0 Å². The minimum Gasteiger partial charge on any atom is -0.365 e. The molecule has 0 aliphatic carbocycles. The first-order chi connectivity index (χ1) is 14.7. The summed E-state index contributed by atoms with van der Waals surface area (Å²) in [5, 5.41) is 4.35. The minimum absolute atomic E-state index is 0.438. The fraction of sp³-hybridized carbons (Fsp3) is 0. The number of thiophene rings is 1. The van der Waals surface area contributed by atoms with Crippen LogP contribution in [0.3, 0.4) is 0 Å². The Labute approximate surface area is 177 Å². The molecule has 0 aliphatic heterocycles. The highest BCUT2D eigenvalue weighted by atomic mass is 32.1. The molecule has 0 radical (unpaired) electrons. The van der Waals surface area contributed by atoms with Crippen molar-refractivity contribution < 1.29 is 4.79 Å². The van der Waals surface area contributed by atoms with Crippen LogP contribution in [0.4, 0.5) is 11.4 Å². The van der Waals surface area contributed by atoms with E-state index in [1.165, 1.54) is 16.9 Å². The number of amides is 1. The van der Waals surface area contributed by atoms with E-state index in [4.69, 9.17) is 5.73 Å². The van der Waals surface area contributed by atoms with Crippen molar-refractivity contribution in [1.82, 2.24) is 9.97 Å². The van der Waals surface area contributed by atoms with Crippen LogP contribution in [0, 0.1) is 0 Å². The number of pyridine rings is 1. The number of nitrogens with two attached hydrogens (primary N) is 1. The summed E-state index contributed by atoms with van der Waals surface area (Å²) in [6.45, 7) is 0. The molecule has 5 rings (SSSR count). The molecular formula is C24H18N4OS. The van der Waals surface area contributed by atoms with Gasteiger partial charge in [0.05, 0.1) is 27.2 Å². The topological polar surface area (TPSA) is 83.8 Å². The number of fused-ring (bicyclic) bond motifs is 1. The number of rotatable bonds is 5. The molecule has 30 heavy (non-hydrogen) atoms. The van der Waals surface area contributed by atoms with E-state index in [-0.39, 0.29) is 0 Å². The quantitative estimate of drug-likeness (QED) is 0.342. The van der Waals surface area contributed by atoms with Gasteiger partial charge in [-0.05, 0) is 41.5 Å². The van der Waals surface area contributed by atoms with Crippen molar-refractivity contribution in [3.63, 3.8) is 0 Å². The standard InChI is InChI=1S/C24H18N4OS/c25-24(29)21-13-18-20(14-27-22(23(18)30-21)19-7-4-12-26-19)28-17-10-8-16(9-11-17)15-5-2-1-3-6-15/h1-14,26,28H,(H2,25,29). The van der Waals surface area contributed by atoms with Gasteiger partial charge in [-0.25, -0.2) is 0 Å². The van der Waals surface area contributed by atoms with Gasteiger partial charge >= 0.3 is 0 Å². The lowest BCUT2D eigenvalue weighted by molar-refractivity contribution is 0.100.